The first-order valence-electron chi connectivity index (χ1n) is 13.5. The summed E-state index contributed by atoms with van der Waals surface area (Å²) in [5, 5.41) is 36.6. The van der Waals surface area contributed by atoms with Gasteiger partial charge in [0.1, 0.15) is 35.6 Å². The molecular weight excluding hydrogens is 528 g/mol. The van der Waals surface area contributed by atoms with Crippen molar-refractivity contribution in [3.63, 3.8) is 0 Å². The normalized spacial score (nSPS) is 43.5. The van der Waals surface area contributed by atoms with Crippen LogP contribution >= 0.6 is 0 Å². The van der Waals surface area contributed by atoms with Gasteiger partial charge in [0.15, 0.2) is 6.10 Å². The summed E-state index contributed by atoms with van der Waals surface area (Å²) < 4.78 is 28.8. The number of fused-ring (bicyclic) bond motifs is 4. The number of aliphatic hydroxyl groups is 3. The van der Waals surface area contributed by atoms with E-state index in [0.29, 0.717) is 5.57 Å². The third-order valence-electron chi connectivity index (χ3n) is 9.72. The number of carbonyl (C=O) groups excluding carboxylic acids is 4. The number of epoxide rings is 1. The third kappa shape index (κ3) is 4.34. The molecule has 4 rings (SSSR count). The minimum absolute atomic E-state index is 0.0201. The van der Waals surface area contributed by atoms with Crippen molar-refractivity contribution in [3.05, 3.63) is 11.1 Å². The second kappa shape index (κ2) is 9.78. The van der Waals surface area contributed by atoms with Gasteiger partial charge in [-0.15, -0.1) is 0 Å². The molecule has 3 fully saturated rings. The lowest BCUT2D eigenvalue weighted by Gasteiger charge is -2.64. The highest BCUT2D eigenvalue weighted by Crippen LogP contribution is 2.66. The van der Waals surface area contributed by atoms with Gasteiger partial charge in [-0.2, -0.15) is 0 Å². The quantitative estimate of drug-likeness (QED) is 0.188. The van der Waals surface area contributed by atoms with E-state index in [-0.39, 0.29) is 25.0 Å². The number of aliphatic hydroxyl groups excluding tert-OH is 2. The largest absolute Gasteiger partial charge is 0.459 e. The predicted molar refractivity (Wildman–Crippen MR) is 135 cm³/mol. The maximum Gasteiger partial charge on any atom is 0.303 e. The van der Waals surface area contributed by atoms with E-state index in [4.69, 9.17) is 23.7 Å². The van der Waals surface area contributed by atoms with Crippen LogP contribution in [0, 0.1) is 16.7 Å². The zero-order valence-corrected chi connectivity index (χ0v) is 24.2. The molecule has 1 aliphatic heterocycles. The molecule has 2 bridgehead atoms. The first-order valence-corrected chi connectivity index (χ1v) is 13.5. The molecule has 1 heterocycles. The van der Waals surface area contributed by atoms with Gasteiger partial charge in [-0.25, -0.2) is 0 Å². The first-order chi connectivity index (χ1) is 18.3. The number of ether oxygens (including phenoxy) is 5. The molecule has 1 spiro atoms. The van der Waals surface area contributed by atoms with Crippen LogP contribution in [0.1, 0.15) is 68.2 Å². The Labute approximate surface area is 232 Å². The van der Waals surface area contributed by atoms with E-state index in [0.717, 1.165) is 0 Å². The Morgan fingerprint density at radius 2 is 1.40 bits per heavy atom. The Kier molecular flexibility index (Phi) is 7.44. The van der Waals surface area contributed by atoms with Crippen molar-refractivity contribution in [2.24, 2.45) is 16.7 Å². The first kappa shape index (κ1) is 30.4. The van der Waals surface area contributed by atoms with E-state index in [2.05, 4.69) is 0 Å². The minimum Gasteiger partial charge on any atom is -0.459 e. The number of rotatable bonds is 4. The molecule has 3 N–H and O–H groups in total. The molecule has 0 aromatic rings. The van der Waals surface area contributed by atoms with Crippen LogP contribution in [0.3, 0.4) is 0 Å². The van der Waals surface area contributed by atoms with Crippen molar-refractivity contribution < 1.29 is 58.2 Å². The molecule has 40 heavy (non-hydrogen) atoms. The zero-order valence-electron chi connectivity index (χ0n) is 24.2. The fraction of sp³-hybridized carbons (Fsp3) is 0.786. The number of hydrogen-bond acceptors (Lipinski definition) is 12. The number of carbonyl (C=O) groups is 4. The van der Waals surface area contributed by atoms with Crippen molar-refractivity contribution in [2.45, 2.75) is 116 Å². The van der Waals surface area contributed by atoms with E-state index in [9.17, 15) is 34.5 Å². The van der Waals surface area contributed by atoms with E-state index < -0.39 is 88.5 Å². The molecule has 10 atom stereocenters. The molecular formula is C28H40O12. The molecule has 6 unspecified atom stereocenters. The SMILES string of the molecule is CC(=O)OC1C[C@@]2(O)C(OC(C)=O)[C@H]3[C@@](C)(C(O)CC(OC(C)=O)[C@]34CO4)C(O)C(OC(C)=O)C(=C1C)C2(C)C. The minimum atomic E-state index is -2.01. The van der Waals surface area contributed by atoms with Crippen molar-refractivity contribution in [1.82, 2.24) is 0 Å². The maximum atomic E-state index is 12.8. The zero-order chi connectivity index (χ0) is 30.2. The Bertz CT molecular complexity index is 1140. The fourth-order valence-electron chi connectivity index (χ4n) is 7.73. The van der Waals surface area contributed by atoms with E-state index in [1.807, 2.05) is 0 Å². The summed E-state index contributed by atoms with van der Waals surface area (Å²) in [6.45, 7) is 11.3. The van der Waals surface area contributed by atoms with Crippen LogP contribution in [0.5, 0.6) is 0 Å². The van der Waals surface area contributed by atoms with Gasteiger partial charge in [0.25, 0.3) is 0 Å². The molecule has 12 nitrogen and oxygen atoms in total. The van der Waals surface area contributed by atoms with Crippen LogP contribution in [0.2, 0.25) is 0 Å². The van der Waals surface area contributed by atoms with Crippen LogP contribution in [0.4, 0.5) is 0 Å². The highest BCUT2D eigenvalue weighted by molar-refractivity contribution is 5.69. The van der Waals surface area contributed by atoms with Crippen LogP contribution in [0.25, 0.3) is 0 Å². The molecule has 3 aliphatic carbocycles. The van der Waals surface area contributed by atoms with Gasteiger partial charge in [0.05, 0.1) is 12.7 Å². The fourth-order valence-corrected chi connectivity index (χ4v) is 7.73. The molecule has 1 saturated heterocycles. The smallest absolute Gasteiger partial charge is 0.303 e. The Morgan fingerprint density at radius 3 is 1.88 bits per heavy atom. The molecule has 4 aliphatic rings. The Morgan fingerprint density at radius 1 is 0.875 bits per heavy atom. The van der Waals surface area contributed by atoms with Crippen molar-refractivity contribution in [3.8, 4) is 0 Å². The average molecular weight is 569 g/mol. The lowest BCUT2D eigenvalue weighted by Crippen LogP contribution is -2.76. The van der Waals surface area contributed by atoms with E-state index in [1.165, 1.54) is 27.7 Å². The summed E-state index contributed by atoms with van der Waals surface area (Å²) in [5.74, 6) is -3.90. The molecule has 0 radical (unpaired) electrons. The van der Waals surface area contributed by atoms with Gasteiger partial charge in [0, 0.05) is 57.3 Å². The Balaban J connectivity index is 2.08. The molecule has 224 valence electrons. The average Bonchev–Trinajstić information content (AvgIpc) is 3.59. The second-order valence-electron chi connectivity index (χ2n) is 12.4. The third-order valence-corrected chi connectivity index (χ3v) is 9.72. The van der Waals surface area contributed by atoms with Gasteiger partial charge in [-0.3, -0.25) is 19.2 Å². The lowest BCUT2D eigenvalue weighted by molar-refractivity contribution is -0.280. The summed E-state index contributed by atoms with van der Waals surface area (Å²) in [5.41, 5.74) is -5.57. The van der Waals surface area contributed by atoms with E-state index in [1.54, 1.807) is 27.7 Å². The van der Waals surface area contributed by atoms with Crippen LogP contribution in [-0.4, -0.2) is 93.6 Å². The predicted octanol–water partition coefficient (Wildman–Crippen LogP) is 0.721. The van der Waals surface area contributed by atoms with Gasteiger partial charge in [-0.1, -0.05) is 20.8 Å². The summed E-state index contributed by atoms with van der Waals surface area (Å²) in [7, 11) is 0. The van der Waals surface area contributed by atoms with Crippen LogP contribution in [0.15, 0.2) is 11.1 Å². The van der Waals surface area contributed by atoms with E-state index >= 15 is 0 Å². The summed E-state index contributed by atoms with van der Waals surface area (Å²) in [6.07, 6.45) is -8.18. The summed E-state index contributed by atoms with van der Waals surface area (Å²) in [6, 6.07) is 0. The Hall–Kier alpha value is -2.54. The lowest BCUT2D eigenvalue weighted by atomic mass is 9.45. The van der Waals surface area contributed by atoms with Crippen molar-refractivity contribution >= 4 is 23.9 Å². The molecule has 12 heteroatoms. The number of hydrogen-bond donors (Lipinski definition) is 3. The summed E-state index contributed by atoms with van der Waals surface area (Å²) >= 11 is 0. The number of esters is 4. The van der Waals surface area contributed by atoms with Crippen LogP contribution < -0.4 is 0 Å². The topological polar surface area (TPSA) is 178 Å². The highest BCUT2D eigenvalue weighted by Gasteiger charge is 2.78. The summed E-state index contributed by atoms with van der Waals surface area (Å²) in [4.78, 5) is 49.2. The van der Waals surface area contributed by atoms with Gasteiger partial charge < -0.3 is 39.0 Å². The van der Waals surface area contributed by atoms with Crippen LogP contribution in [-0.2, 0) is 42.9 Å². The standard InChI is InChI=1S/C28H40O12/c1-12-17(37-13(2)29)10-28(35)24(40-16(5)32)22-26(8,18(33)9-19(38-14(3)30)27(22)11-36-27)23(34)21(39-15(4)31)20(12)25(28,6)7/h17-19,21-24,33-35H,9-11H2,1-8H3/t17?,18?,19?,21?,22-,23?,24?,26+,27+,28+/m0/s1. The van der Waals surface area contributed by atoms with Gasteiger partial charge >= 0.3 is 23.9 Å². The molecule has 0 aromatic carbocycles. The van der Waals surface area contributed by atoms with Gasteiger partial charge in [0.2, 0.25) is 0 Å². The second-order valence-corrected chi connectivity index (χ2v) is 12.4. The maximum absolute atomic E-state index is 12.8. The molecule has 0 aromatic heterocycles. The highest BCUT2D eigenvalue weighted by atomic mass is 16.6. The van der Waals surface area contributed by atoms with Crippen molar-refractivity contribution in [2.75, 3.05) is 6.61 Å². The molecule has 2 saturated carbocycles. The van der Waals surface area contributed by atoms with Gasteiger partial charge in [-0.05, 0) is 18.1 Å². The monoisotopic (exact) mass is 568 g/mol. The van der Waals surface area contributed by atoms with Crippen molar-refractivity contribution in [1.29, 1.82) is 0 Å². The molecule has 0 amide bonds.